The maximum atomic E-state index is 12.2. The van der Waals surface area contributed by atoms with Crippen LogP contribution in [0.5, 0.6) is 0 Å². The lowest BCUT2D eigenvalue weighted by Crippen LogP contribution is -2.50. The van der Waals surface area contributed by atoms with Gasteiger partial charge in [0.1, 0.15) is 0 Å². The molecular formula is C18H24N2O2. The van der Waals surface area contributed by atoms with Gasteiger partial charge in [0.15, 0.2) is 0 Å². The molecule has 2 fully saturated rings. The van der Waals surface area contributed by atoms with Crippen molar-refractivity contribution in [1.29, 1.82) is 0 Å². The predicted molar refractivity (Wildman–Crippen MR) is 87.2 cm³/mol. The number of carbonyl (C=O) groups excluding carboxylic acids is 1. The van der Waals surface area contributed by atoms with Gasteiger partial charge in [0, 0.05) is 38.8 Å². The highest BCUT2D eigenvalue weighted by Gasteiger charge is 2.31. The molecule has 0 radical (unpaired) electrons. The average molecular weight is 300 g/mol. The number of piperazine rings is 1. The van der Waals surface area contributed by atoms with Crippen molar-refractivity contribution in [2.24, 2.45) is 5.92 Å². The van der Waals surface area contributed by atoms with Crippen LogP contribution in [0.3, 0.4) is 0 Å². The molecule has 1 aromatic carbocycles. The van der Waals surface area contributed by atoms with Crippen molar-refractivity contribution >= 4 is 12.0 Å². The van der Waals surface area contributed by atoms with E-state index >= 15 is 0 Å². The largest absolute Gasteiger partial charge is 0.392 e. The van der Waals surface area contributed by atoms with E-state index in [0.29, 0.717) is 5.92 Å². The number of aliphatic hydroxyl groups is 1. The summed E-state index contributed by atoms with van der Waals surface area (Å²) in [5, 5.41) is 9.99. The van der Waals surface area contributed by atoms with Gasteiger partial charge in [-0.25, -0.2) is 0 Å². The molecule has 1 N–H and O–H groups in total. The number of benzene rings is 1. The van der Waals surface area contributed by atoms with Gasteiger partial charge in [-0.15, -0.1) is 0 Å². The van der Waals surface area contributed by atoms with Gasteiger partial charge in [0.05, 0.1) is 6.10 Å². The van der Waals surface area contributed by atoms with Crippen molar-refractivity contribution in [3.05, 3.63) is 42.0 Å². The van der Waals surface area contributed by atoms with Gasteiger partial charge in [-0.05, 0) is 30.4 Å². The summed E-state index contributed by atoms with van der Waals surface area (Å²) in [6, 6.07) is 9.87. The number of nitrogens with zero attached hydrogens (tertiary/aromatic N) is 2. The summed E-state index contributed by atoms with van der Waals surface area (Å²) in [6.45, 7) is 3.96. The number of amides is 1. The molecule has 1 aromatic rings. The number of β-amino-alcohol motifs (C(OH)–C–C–N with tert-alkyl or cyclic N) is 1. The first kappa shape index (κ1) is 15.3. The van der Waals surface area contributed by atoms with E-state index < -0.39 is 0 Å². The van der Waals surface area contributed by atoms with E-state index in [4.69, 9.17) is 0 Å². The highest BCUT2D eigenvalue weighted by Crippen LogP contribution is 2.32. The fourth-order valence-corrected chi connectivity index (χ4v) is 2.88. The van der Waals surface area contributed by atoms with Crippen molar-refractivity contribution < 1.29 is 9.90 Å². The normalized spacial score (nSPS) is 21.2. The van der Waals surface area contributed by atoms with E-state index in [1.807, 2.05) is 41.3 Å². The zero-order valence-electron chi connectivity index (χ0n) is 12.9. The monoisotopic (exact) mass is 300 g/mol. The Hall–Kier alpha value is -1.65. The first-order valence-electron chi connectivity index (χ1n) is 8.15. The minimum atomic E-state index is -0.180. The number of carbonyl (C=O) groups is 1. The number of rotatable bonds is 5. The zero-order chi connectivity index (χ0) is 15.4. The van der Waals surface area contributed by atoms with Gasteiger partial charge in [-0.1, -0.05) is 30.3 Å². The van der Waals surface area contributed by atoms with Crippen molar-refractivity contribution in [3.63, 3.8) is 0 Å². The van der Waals surface area contributed by atoms with Crippen LogP contribution in [0.4, 0.5) is 0 Å². The molecule has 1 heterocycles. The smallest absolute Gasteiger partial charge is 0.246 e. The molecule has 1 amide bonds. The summed E-state index contributed by atoms with van der Waals surface area (Å²) in [7, 11) is 0. The second-order valence-corrected chi connectivity index (χ2v) is 6.27. The van der Waals surface area contributed by atoms with Crippen LogP contribution < -0.4 is 0 Å². The molecule has 1 saturated heterocycles. The molecular weight excluding hydrogens is 276 g/mol. The maximum Gasteiger partial charge on any atom is 0.246 e. The van der Waals surface area contributed by atoms with Gasteiger partial charge in [0.25, 0.3) is 0 Å². The molecule has 3 rings (SSSR count). The van der Waals surface area contributed by atoms with E-state index in [0.717, 1.165) is 38.3 Å². The Bertz CT molecular complexity index is 517. The fourth-order valence-electron chi connectivity index (χ4n) is 2.88. The SMILES string of the molecule is O=C(/C=C/c1ccccc1)N1CCN(C[C@H](O)C2CC2)CC1. The molecule has 1 atom stereocenters. The Balaban J connectivity index is 1.44. The minimum Gasteiger partial charge on any atom is -0.392 e. The highest BCUT2D eigenvalue weighted by molar-refractivity contribution is 5.91. The molecule has 1 saturated carbocycles. The summed E-state index contributed by atoms with van der Waals surface area (Å²) >= 11 is 0. The molecule has 22 heavy (non-hydrogen) atoms. The van der Waals surface area contributed by atoms with Gasteiger partial charge in [-0.2, -0.15) is 0 Å². The molecule has 4 heteroatoms. The Morgan fingerprint density at radius 3 is 2.50 bits per heavy atom. The Morgan fingerprint density at radius 2 is 1.86 bits per heavy atom. The summed E-state index contributed by atoms with van der Waals surface area (Å²) in [4.78, 5) is 16.3. The van der Waals surface area contributed by atoms with Crippen molar-refractivity contribution in [1.82, 2.24) is 9.80 Å². The number of hydrogen-bond donors (Lipinski definition) is 1. The Morgan fingerprint density at radius 1 is 1.18 bits per heavy atom. The van der Waals surface area contributed by atoms with Crippen molar-refractivity contribution in [2.75, 3.05) is 32.7 Å². The zero-order valence-corrected chi connectivity index (χ0v) is 12.9. The maximum absolute atomic E-state index is 12.2. The van der Waals surface area contributed by atoms with Gasteiger partial charge in [0.2, 0.25) is 5.91 Å². The van der Waals surface area contributed by atoms with Crippen LogP contribution in [0.1, 0.15) is 18.4 Å². The second-order valence-electron chi connectivity index (χ2n) is 6.27. The molecule has 4 nitrogen and oxygen atoms in total. The topological polar surface area (TPSA) is 43.8 Å². The van der Waals surface area contributed by atoms with Gasteiger partial charge in [-0.3, -0.25) is 9.69 Å². The lowest BCUT2D eigenvalue weighted by Gasteiger charge is -2.35. The number of hydrogen-bond acceptors (Lipinski definition) is 3. The third-order valence-electron chi connectivity index (χ3n) is 4.51. The molecule has 0 spiro atoms. The molecule has 1 aliphatic carbocycles. The highest BCUT2D eigenvalue weighted by atomic mass is 16.3. The van der Waals surface area contributed by atoms with E-state index in [1.165, 1.54) is 12.8 Å². The van der Waals surface area contributed by atoms with E-state index in [2.05, 4.69) is 4.90 Å². The third kappa shape index (κ3) is 4.18. The lowest BCUT2D eigenvalue weighted by molar-refractivity contribution is -0.127. The van der Waals surface area contributed by atoms with Crippen molar-refractivity contribution in [3.8, 4) is 0 Å². The van der Waals surface area contributed by atoms with Crippen LogP contribution in [0.2, 0.25) is 0 Å². The lowest BCUT2D eigenvalue weighted by atomic mass is 10.2. The fraction of sp³-hybridized carbons (Fsp3) is 0.500. The first-order chi connectivity index (χ1) is 10.7. The average Bonchev–Trinajstić information content (AvgIpc) is 3.39. The van der Waals surface area contributed by atoms with E-state index in [1.54, 1.807) is 6.08 Å². The van der Waals surface area contributed by atoms with Crippen LogP contribution >= 0.6 is 0 Å². The first-order valence-corrected chi connectivity index (χ1v) is 8.15. The van der Waals surface area contributed by atoms with Crippen LogP contribution in [0.25, 0.3) is 6.08 Å². The standard InChI is InChI=1S/C18H24N2O2/c21-17(16-7-8-16)14-19-10-12-20(13-11-19)18(22)9-6-15-4-2-1-3-5-15/h1-6,9,16-17,21H,7-8,10-14H2/b9-6+/t17-/m0/s1. The summed E-state index contributed by atoms with van der Waals surface area (Å²) in [6.07, 6.45) is 5.68. The summed E-state index contributed by atoms with van der Waals surface area (Å²) < 4.78 is 0. The van der Waals surface area contributed by atoms with E-state index in [9.17, 15) is 9.90 Å². The van der Waals surface area contributed by atoms with Gasteiger partial charge >= 0.3 is 0 Å². The molecule has 118 valence electrons. The van der Waals surface area contributed by atoms with E-state index in [-0.39, 0.29) is 12.0 Å². The molecule has 1 aliphatic heterocycles. The molecule has 2 aliphatic rings. The Kier molecular flexibility index (Phi) is 4.90. The predicted octanol–water partition coefficient (Wildman–Crippen LogP) is 1.61. The molecule has 0 aromatic heterocycles. The van der Waals surface area contributed by atoms with Crippen LogP contribution in [0, 0.1) is 5.92 Å². The number of aliphatic hydroxyl groups excluding tert-OH is 1. The molecule has 0 bridgehead atoms. The van der Waals surface area contributed by atoms with Crippen LogP contribution in [-0.4, -0.2) is 59.6 Å². The van der Waals surface area contributed by atoms with Crippen molar-refractivity contribution in [2.45, 2.75) is 18.9 Å². The third-order valence-corrected chi connectivity index (χ3v) is 4.51. The quantitative estimate of drug-likeness (QED) is 0.840. The van der Waals surface area contributed by atoms with Crippen LogP contribution in [0.15, 0.2) is 36.4 Å². The molecule has 0 unspecified atom stereocenters. The Labute approximate surface area is 132 Å². The van der Waals surface area contributed by atoms with Crippen LogP contribution in [-0.2, 0) is 4.79 Å². The summed E-state index contributed by atoms with van der Waals surface area (Å²) in [5.41, 5.74) is 1.04. The minimum absolute atomic E-state index is 0.0752. The summed E-state index contributed by atoms with van der Waals surface area (Å²) in [5.74, 6) is 0.597. The second kappa shape index (κ2) is 7.07. The van der Waals surface area contributed by atoms with Gasteiger partial charge < -0.3 is 10.0 Å².